The van der Waals surface area contributed by atoms with E-state index < -0.39 is 23.8 Å². The number of amides is 1. The first kappa shape index (κ1) is 28.9. The topological polar surface area (TPSA) is 149 Å². The number of carboxylic acid groups (broad SMARTS) is 1. The summed E-state index contributed by atoms with van der Waals surface area (Å²) in [6.45, 7) is 7.58. The number of nitrogen functional groups attached to an aromatic ring is 1. The second-order valence-electron chi connectivity index (χ2n) is 12.1. The second-order valence-corrected chi connectivity index (χ2v) is 13.0. The van der Waals surface area contributed by atoms with Gasteiger partial charge in [0.1, 0.15) is 11.8 Å². The number of hydrogen-bond donors (Lipinski definition) is 2. The highest BCUT2D eigenvalue weighted by molar-refractivity contribution is 7.98. The van der Waals surface area contributed by atoms with E-state index in [-0.39, 0.29) is 35.9 Å². The van der Waals surface area contributed by atoms with Crippen LogP contribution in [0.2, 0.25) is 0 Å². The molecule has 13 heteroatoms. The van der Waals surface area contributed by atoms with Crippen molar-refractivity contribution in [3.8, 4) is 0 Å². The number of piperidine rings is 2. The molecule has 3 aliphatic rings. The summed E-state index contributed by atoms with van der Waals surface area (Å²) < 4.78 is 15.0. The van der Waals surface area contributed by atoms with Crippen molar-refractivity contribution in [2.24, 2.45) is 11.3 Å². The molecule has 1 unspecified atom stereocenters. The van der Waals surface area contributed by atoms with E-state index >= 15 is 0 Å². The SMILES string of the molecule is CSCC1O[C@@H](n2cnc3c(N)ncnc32)[C@H](OC(=O)C(C)(C)C)[C@@H]1[C@@H]1CCCCN1C1CCN(C(=O)O)CC1. The van der Waals surface area contributed by atoms with Crippen LogP contribution in [0.3, 0.4) is 0 Å². The van der Waals surface area contributed by atoms with Crippen molar-refractivity contribution in [3.63, 3.8) is 0 Å². The molecular formula is C27H41N7O5S. The average Bonchev–Trinajstić information content (AvgIpc) is 3.50. The zero-order chi connectivity index (χ0) is 28.6. The van der Waals surface area contributed by atoms with Gasteiger partial charge in [-0.25, -0.2) is 19.7 Å². The van der Waals surface area contributed by atoms with Gasteiger partial charge in [0.05, 0.1) is 17.8 Å². The Morgan fingerprint density at radius 3 is 2.58 bits per heavy atom. The largest absolute Gasteiger partial charge is 0.465 e. The van der Waals surface area contributed by atoms with E-state index in [4.69, 9.17) is 15.2 Å². The van der Waals surface area contributed by atoms with Crippen LogP contribution in [-0.4, -0.2) is 102 Å². The molecule has 0 radical (unpaired) electrons. The number of imidazole rings is 1. The maximum atomic E-state index is 13.4. The molecule has 0 saturated carbocycles. The summed E-state index contributed by atoms with van der Waals surface area (Å²) in [6, 6.07) is 0.403. The molecule has 0 aliphatic carbocycles. The third kappa shape index (κ3) is 5.60. The van der Waals surface area contributed by atoms with E-state index in [0.29, 0.717) is 24.3 Å². The van der Waals surface area contributed by atoms with Crippen LogP contribution in [0.15, 0.2) is 12.7 Å². The molecule has 0 spiro atoms. The Balaban J connectivity index is 1.52. The minimum Gasteiger partial charge on any atom is -0.465 e. The lowest BCUT2D eigenvalue weighted by molar-refractivity contribution is -0.167. The third-order valence-corrected chi connectivity index (χ3v) is 9.15. The standard InChI is InChI=1S/C27H41N7O5S/c1-27(2,3)25(35)39-21-19(17-7-5-6-10-33(17)16-8-11-32(12-9-16)26(36)37)18(13-40-4)38-24(21)34-15-31-20-22(28)29-14-30-23(20)34/h14-19,21,24H,5-13H2,1-4H3,(H,36,37)(H2,28,29,30)/t17-,18?,19+,21+,24+/m0/s1. The first-order valence-corrected chi connectivity index (χ1v) is 15.5. The number of aromatic nitrogens is 4. The van der Waals surface area contributed by atoms with E-state index in [2.05, 4.69) is 26.1 Å². The van der Waals surface area contributed by atoms with Gasteiger partial charge in [-0.3, -0.25) is 14.3 Å². The molecule has 220 valence electrons. The molecule has 2 aromatic heterocycles. The molecule has 3 N–H and O–H groups in total. The summed E-state index contributed by atoms with van der Waals surface area (Å²) in [6.07, 6.45) is 7.64. The van der Waals surface area contributed by atoms with Crippen LogP contribution >= 0.6 is 11.8 Å². The van der Waals surface area contributed by atoms with E-state index in [1.54, 1.807) is 18.1 Å². The Morgan fingerprint density at radius 1 is 1.15 bits per heavy atom. The smallest absolute Gasteiger partial charge is 0.407 e. The van der Waals surface area contributed by atoms with Crippen LogP contribution in [-0.2, 0) is 14.3 Å². The van der Waals surface area contributed by atoms with Gasteiger partial charge in [0.15, 0.2) is 23.8 Å². The monoisotopic (exact) mass is 575 g/mol. The Kier molecular flexibility index (Phi) is 8.44. The summed E-state index contributed by atoms with van der Waals surface area (Å²) in [5.74, 6) is 0.666. The molecule has 5 heterocycles. The minimum absolute atomic E-state index is 0.0850. The third-order valence-electron chi connectivity index (χ3n) is 8.49. The number of ether oxygens (including phenoxy) is 2. The molecule has 2 aromatic rings. The normalized spacial score (nSPS) is 28.7. The quantitative estimate of drug-likeness (QED) is 0.489. The number of anilines is 1. The van der Waals surface area contributed by atoms with Crippen molar-refractivity contribution in [1.29, 1.82) is 0 Å². The maximum Gasteiger partial charge on any atom is 0.407 e. The number of esters is 1. The summed E-state index contributed by atoms with van der Waals surface area (Å²) in [7, 11) is 0. The Hall–Kier alpha value is -2.64. The summed E-state index contributed by atoms with van der Waals surface area (Å²) in [4.78, 5) is 42.0. The van der Waals surface area contributed by atoms with Gasteiger partial charge in [-0.05, 0) is 59.3 Å². The number of carbonyl (C=O) groups is 2. The first-order valence-electron chi connectivity index (χ1n) is 14.1. The van der Waals surface area contributed by atoms with Crippen molar-refractivity contribution >= 4 is 40.8 Å². The number of thioether (sulfide) groups is 1. The number of nitrogens with zero attached hydrogens (tertiary/aromatic N) is 6. The van der Waals surface area contributed by atoms with Gasteiger partial charge in [0.25, 0.3) is 0 Å². The number of rotatable bonds is 6. The predicted octanol–water partition coefficient (Wildman–Crippen LogP) is 3.24. The molecule has 1 amide bonds. The van der Waals surface area contributed by atoms with Crippen LogP contribution < -0.4 is 5.73 Å². The molecule has 0 aromatic carbocycles. The van der Waals surface area contributed by atoms with Gasteiger partial charge in [-0.2, -0.15) is 11.8 Å². The Labute approximate surface area is 239 Å². The zero-order valence-corrected chi connectivity index (χ0v) is 24.5. The number of likely N-dealkylation sites (tertiary alicyclic amines) is 2. The molecule has 3 saturated heterocycles. The lowest BCUT2D eigenvalue weighted by Gasteiger charge is -2.48. The maximum absolute atomic E-state index is 13.4. The van der Waals surface area contributed by atoms with Crippen molar-refractivity contribution in [2.45, 2.75) is 83.4 Å². The van der Waals surface area contributed by atoms with Gasteiger partial charge in [0.2, 0.25) is 0 Å². The zero-order valence-electron chi connectivity index (χ0n) is 23.7. The van der Waals surface area contributed by atoms with E-state index in [1.807, 2.05) is 25.3 Å². The molecule has 12 nitrogen and oxygen atoms in total. The number of fused-ring (bicyclic) bond motifs is 1. The fourth-order valence-corrected chi connectivity index (χ4v) is 7.11. The van der Waals surface area contributed by atoms with Gasteiger partial charge in [-0.1, -0.05) is 6.42 Å². The van der Waals surface area contributed by atoms with Crippen LogP contribution in [0.25, 0.3) is 11.2 Å². The van der Waals surface area contributed by atoms with Crippen molar-refractivity contribution in [2.75, 3.05) is 37.4 Å². The lowest BCUT2D eigenvalue weighted by Crippen LogP contribution is -2.57. The molecule has 5 atom stereocenters. The van der Waals surface area contributed by atoms with E-state index in [9.17, 15) is 14.7 Å². The fraction of sp³-hybridized carbons (Fsp3) is 0.741. The fourth-order valence-electron chi connectivity index (χ4n) is 6.48. The minimum atomic E-state index is -0.855. The van der Waals surface area contributed by atoms with Crippen molar-refractivity contribution < 1.29 is 24.2 Å². The first-order chi connectivity index (χ1) is 19.1. The highest BCUT2D eigenvalue weighted by Gasteiger charge is 2.54. The van der Waals surface area contributed by atoms with Gasteiger partial charge in [-0.15, -0.1) is 0 Å². The summed E-state index contributed by atoms with van der Waals surface area (Å²) in [5, 5.41) is 9.47. The Morgan fingerprint density at radius 2 is 1.90 bits per heavy atom. The summed E-state index contributed by atoms with van der Waals surface area (Å²) in [5.41, 5.74) is 6.43. The molecule has 3 aliphatic heterocycles. The molecular weight excluding hydrogens is 534 g/mol. The van der Waals surface area contributed by atoms with Crippen LogP contribution in [0, 0.1) is 11.3 Å². The van der Waals surface area contributed by atoms with Crippen molar-refractivity contribution in [1.82, 2.24) is 29.3 Å². The van der Waals surface area contributed by atoms with Gasteiger partial charge >= 0.3 is 12.1 Å². The van der Waals surface area contributed by atoms with Gasteiger partial charge < -0.3 is 25.2 Å². The van der Waals surface area contributed by atoms with Crippen LogP contribution in [0.1, 0.15) is 59.1 Å². The number of hydrogen-bond acceptors (Lipinski definition) is 10. The van der Waals surface area contributed by atoms with Crippen LogP contribution in [0.4, 0.5) is 10.6 Å². The van der Waals surface area contributed by atoms with E-state index in [1.165, 1.54) is 11.2 Å². The predicted molar refractivity (Wildman–Crippen MR) is 152 cm³/mol. The lowest BCUT2D eigenvalue weighted by atomic mass is 9.82. The number of nitrogens with two attached hydrogens (primary N) is 1. The highest BCUT2D eigenvalue weighted by Crippen LogP contribution is 2.45. The van der Waals surface area contributed by atoms with E-state index in [0.717, 1.165) is 44.4 Å². The second kappa shape index (κ2) is 11.7. The number of carbonyl (C=O) groups excluding carboxylic acids is 1. The molecule has 3 fully saturated rings. The molecule has 5 rings (SSSR count). The summed E-state index contributed by atoms with van der Waals surface area (Å²) >= 11 is 1.71. The highest BCUT2D eigenvalue weighted by atomic mass is 32.2. The van der Waals surface area contributed by atoms with Crippen LogP contribution in [0.5, 0.6) is 0 Å². The van der Waals surface area contributed by atoms with Gasteiger partial charge in [0, 0.05) is 36.8 Å². The average molecular weight is 576 g/mol. The molecule has 40 heavy (non-hydrogen) atoms. The van der Waals surface area contributed by atoms with Crippen molar-refractivity contribution in [3.05, 3.63) is 12.7 Å². The molecule has 0 bridgehead atoms. The Bertz CT molecular complexity index is 1210.